The number of amides is 1. The standard InChI is InChI=1S/C15H24N2O2.C2HF3O2/c1-11-5-14(3-2-4-14)9-17(11)13(18)15-8-16-6-12(15)7-19-10-15;3-2(4,5)1(6)7/h11-12,16H,2-10H2,1H3;(H,6,7)/t11?,12-,15-;/m0./s1. The molecule has 3 heterocycles. The fourth-order valence-corrected chi connectivity index (χ4v) is 4.81. The molecule has 0 aromatic carbocycles. The van der Waals surface area contributed by atoms with Gasteiger partial charge in [0.15, 0.2) is 0 Å². The van der Waals surface area contributed by atoms with Crippen LogP contribution in [0, 0.1) is 16.7 Å². The molecule has 3 saturated heterocycles. The highest BCUT2D eigenvalue weighted by molar-refractivity contribution is 5.85. The minimum Gasteiger partial charge on any atom is -0.475 e. The molecule has 0 radical (unpaired) electrons. The lowest BCUT2D eigenvalue weighted by molar-refractivity contribution is -0.192. The first-order valence-electron chi connectivity index (χ1n) is 8.99. The average Bonchev–Trinajstić information content (AvgIpc) is 3.17. The molecule has 1 amide bonds. The Morgan fingerprint density at radius 1 is 1.31 bits per heavy atom. The smallest absolute Gasteiger partial charge is 0.475 e. The number of aliphatic carboxylic acids is 1. The van der Waals surface area contributed by atoms with Crippen LogP contribution in [0.2, 0.25) is 0 Å². The first kappa shape index (κ1) is 19.4. The van der Waals surface area contributed by atoms with E-state index in [0.29, 0.717) is 29.9 Å². The number of carbonyl (C=O) groups is 2. The Labute approximate surface area is 150 Å². The van der Waals surface area contributed by atoms with Gasteiger partial charge in [-0.1, -0.05) is 6.42 Å². The van der Waals surface area contributed by atoms with E-state index in [2.05, 4.69) is 17.1 Å². The lowest BCUT2D eigenvalue weighted by atomic mass is 9.68. The maximum absolute atomic E-state index is 13.1. The quantitative estimate of drug-likeness (QED) is 0.725. The molecule has 26 heavy (non-hydrogen) atoms. The molecule has 0 aromatic rings. The largest absolute Gasteiger partial charge is 0.490 e. The number of carboxylic acids is 1. The summed E-state index contributed by atoms with van der Waals surface area (Å²) in [6.45, 7) is 6.37. The highest BCUT2D eigenvalue weighted by Gasteiger charge is 2.57. The number of fused-ring (bicyclic) bond motifs is 1. The second-order valence-corrected chi connectivity index (χ2v) is 8.14. The SMILES string of the molecule is CC1CC2(CCC2)CN1C(=O)[C@]12CNC[C@H]1COC2.O=C(O)C(F)(F)F. The molecule has 6 nitrogen and oxygen atoms in total. The molecule has 0 aromatic heterocycles. The van der Waals surface area contributed by atoms with E-state index in [1.54, 1.807) is 0 Å². The highest BCUT2D eigenvalue weighted by atomic mass is 19.4. The molecule has 4 fully saturated rings. The molecule has 148 valence electrons. The van der Waals surface area contributed by atoms with Gasteiger partial charge < -0.3 is 20.1 Å². The number of likely N-dealkylation sites (tertiary alicyclic amines) is 1. The Hall–Kier alpha value is -1.35. The van der Waals surface area contributed by atoms with E-state index in [9.17, 15) is 18.0 Å². The van der Waals surface area contributed by atoms with Crippen LogP contribution in [0.15, 0.2) is 0 Å². The van der Waals surface area contributed by atoms with Crippen molar-refractivity contribution in [1.29, 1.82) is 0 Å². The Morgan fingerprint density at radius 2 is 1.96 bits per heavy atom. The summed E-state index contributed by atoms with van der Waals surface area (Å²) in [4.78, 5) is 24.2. The molecule has 1 saturated carbocycles. The number of hydrogen-bond acceptors (Lipinski definition) is 4. The molecule has 3 atom stereocenters. The van der Waals surface area contributed by atoms with Gasteiger partial charge in [-0.3, -0.25) is 4.79 Å². The van der Waals surface area contributed by atoms with Gasteiger partial charge in [0.25, 0.3) is 0 Å². The van der Waals surface area contributed by atoms with Gasteiger partial charge in [-0.25, -0.2) is 4.79 Å². The average molecular weight is 378 g/mol. The van der Waals surface area contributed by atoms with Crippen LogP contribution in [-0.2, 0) is 14.3 Å². The molecular weight excluding hydrogens is 353 g/mol. The molecule has 0 bridgehead atoms. The summed E-state index contributed by atoms with van der Waals surface area (Å²) >= 11 is 0. The number of halogens is 3. The van der Waals surface area contributed by atoms with Crippen LogP contribution in [-0.4, -0.2) is 66.9 Å². The maximum atomic E-state index is 13.1. The monoisotopic (exact) mass is 378 g/mol. The number of alkyl halides is 3. The van der Waals surface area contributed by atoms with Crippen LogP contribution in [0.1, 0.15) is 32.6 Å². The van der Waals surface area contributed by atoms with E-state index in [1.807, 2.05) is 0 Å². The fraction of sp³-hybridized carbons (Fsp3) is 0.882. The number of nitrogens with one attached hydrogen (secondary N) is 1. The third kappa shape index (κ3) is 3.31. The summed E-state index contributed by atoms with van der Waals surface area (Å²) < 4.78 is 37.4. The molecule has 1 unspecified atom stereocenters. The summed E-state index contributed by atoms with van der Waals surface area (Å²) in [6.07, 6.45) is 0.138. The Morgan fingerprint density at radius 3 is 2.46 bits per heavy atom. The zero-order valence-corrected chi connectivity index (χ0v) is 14.8. The van der Waals surface area contributed by atoms with Gasteiger partial charge in [-0.15, -0.1) is 0 Å². The van der Waals surface area contributed by atoms with E-state index in [1.165, 1.54) is 25.7 Å². The predicted molar refractivity (Wildman–Crippen MR) is 85.4 cm³/mol. The minimum absolute atomic E-state index is 0.246. The number of rotatable bonds is 1. The van der Waals surface area contributed by atoms with Crippen molar-refractivity contribution < 1.29 is 32.6 Å². The topological polar surface area (TPSA) is 78.9 Å². The minimum atomic E-state index is -5.08. The molecule has 1 spiro atoms. The predicted octanol–water partition coefficient (Wildman–Crippen LogP) is 1.65. The van der Waals surface area contributed by atoms with Gasteiger partial charge in [-0.05, 0) is 31.6 Å². The Bertz CT molecular complexity index is 567. The number of ether oxygens (including phenoxy) is 1. The van der Waals surface area contributed by atoms with Gasteiger partial charge >= 0.3 is 12.1 Å². The van der Waals surface area contributed by atoms with Crippen molar-refractivity contribution >= 4 is 11.9 Å². The lowest BCUT2D eigenvalue weighted by Crippen LogP contribution is -2.50. The lowest BCUT2D eigenvalue weighted by Gasteiger charge is -2.39. The van der Waals surface area contributed by atoms with Crippen LogP contribution < -0.4 is 5.32 Å². The van der Waals surface area contributed by atoms with Crippen LogP contribution in [0.4, 0.5) is 13.2 Å². The number of carboxylic acid groups (broad SMARTS) is 1. The molecule has 4 rings (SSSR count). The summed E-state index contributed by atoms with van der Waals surface area (Å²) in [5.41, 5.74) is 0.232. The summed E-state index contributed by atoms with van der Waals surface area (Å²) in [6, 6.07) is 0.420. The number of nitrogens with zero attached hydrogens (tertiary/aromatic N) is 1. The first-order valence-corrected chi connectivity index (χ1v) is 8.99. The Balaban J connectivity index is 0.000000242. The maximum Gasteiger partial charge on any atom is 0.490 e. The van der Waals surface area contributed by atoms with Crippen LogP contribution in [0.5, 0.6) is 0 Å². The van der Waals surface area contributed by atoms with E-state index in [4.69, 9.17) is 14.6 Å². The van der Waals surface area contributed by atoms with Crippen molar-refractivity contribution in [2.75, 3.05) is 32.8 Å². The van der Waals surface area contributed by atoms with Crippen LogP contribution in [0.25, 0.3) is 0 Å². The molecule has 3 aliphatic heterocycles. The van der Waals surface area contributed by atoms with E-state index in [-0.39, 0.29) is 5.41 Å². The van der Waals surface area contributed by atoms with Crippen molar-refractivity contribution in [3.63, 3.8) is 0 Å². The van der Waals surface area contributed by atoms with Gasteiger partial charge in [0, 0.05) is 31.6 Å². The second-order valence-electron chi connectivity index (χ2n) is 8.14. The molecular formula is C17H25F3N2O4. The Kier molecular flexibility index (Phi) is 4.98. The normalized spacial score (nSPS) is 34.8. The summed E-state index contributed by atoms with van der Waals surface area (Å²) in [5.74, 6) is -1.99. The van der Waals surface area contributed by atoms with Crippen molar-refractivity contribution in [1.82, 2.24) is 10.2 Å². The van der Waals surface area contributed by atoms with Gasteiger partial charge in [0.2, 0.25) is 5.91 Å². The fourth-order valence-electron chi connectivity index (χ4n) is 4.81. The molecule has 2 N–H and O–H groups in total. The zero-order chi connectivity index (χ0) is 19.2. The first-order chi connectivity index (χ1) is 12.1. The second kappa shape index (κ2) is 6.67. The van der Waals surface area contributed by atoms with Crippen LogP contribution in [0.3, 0.4) is 0 Å². The summed E-state index contributed by atoms with van der Waals surface area (Å²) in [5, 5.41) is 10.5. The van der Waals surface area contributed by atoms with Gasteiger partial charge in [0.05, 0.1) is 18.6 Å². The van der Waals surface area contributed by atoms with E-state index in [0.717, 1.165) is 26.2 Å². The molecule has 1 aliphatic carbocycles. The van der Waals surface area contributed by atoms with Crippen molar-refractivity contribution in [3.05, 3.63) is 0 Å². The van der Waals surface area contributed by atoms with Gasteiger partial charge in [0.1, 0.15) is 0 Å². The number of hydrogen-bond donors (Lipinski definition) is 2. The zero-order valence-electron chi connectivity index (χ0n) is 14.8. The summed E-state index contributed by atoms with van der Waals surface area (Å²) in [7, 11) is 0. The van der Waals surface area contributed by atoms with Crippen LogP contribution >= 0.6 is 0 Å². The van der Waals surface area contributed by atoms with E-state index < -0.39 is 12.1 Å². The van der Waals surface area contributed by atoms with Crippen molar-refractivity contribution in [2.45, 2.75) is 44.8 Å². The van der Waals surface area contributed by atoms with E-state index >= 15 is 0 Å². The van der Waals surface area contributed by atoms with Crippen molar-refractivity contribution in [2.24, 2.45) is 16.7 Å². The molecule has 4 aliphatic rings. The number of carbonyl (C=O) groups excluding carboxylic acids is 1. The third-order valence-corrected chi connectivity index (χ3v) is 6.40. The van der Waals surface area contributed by atoms with Crippen molar-refractivity contribution in [3.8, 4) is 0 Å². The highest BCUT2D eigenvalue weighted by Crippen LogP contribution is 2.51. The third-order valence-electron chi connectivity index (χ3n) is 6.40. The molecule has 9 heteroatoms. The van der Waals surface area contributed by atoms with Gasteiger partial charge in [-0.2, -0.15) is 13.2 Å².